The van der Waals surface area contributed by atoms with Gasteiger partial charge in [-0.25, -0.2) is 0 Å². The number of likely N-dealkylation sites (N-methyl/N-ethyl adjacent to an activating group) is 1. The molecule has 0 radical (unpaired) electrons. The topological polar surface area (TPSA) is 52.1 Å². The van der Waals surface area contributed by atoms with Crippen molar-refractivity contribution >= 4 is 5.96 Å². The molecule has 6 heteroatoms. The van der Waals surface area contributed by atoms with Crippen LogP contribution in [0.5, 0.6) is 0 Å². The lowest BCUT2D eigenvalue weighted by atomic mass is 9.58. The van der Waals surface area contributed by atoms with Gasteiger partial charge in [-0.05, 0) is 39.7 Å². The predicted octanol–water partition coefficient (Wildman–Crippen LogP) is 2.16. The van der Waals surface area contributed by atoms with Gasteiger partial charge >= 0.3 is 0 Å². The predicted molar refractivity (Wildman–Crippen MR) is 114 cm³/mol. The zero-order valence-electron chi connectivity index (χ0n) is 18.6. The minimum atomic E-state index is 0.232. The Labute approximate surface area is 167 Å². The fourth-order valence-electron chi connectivity index (χ4n) is 4.84. The second-order valence-corrected chi connectivity index (χ2v) is 8.09. The average molecular weight is 382 g/mol. The molecule has 1 saturated carbocycles. The van der Waals surface area contributed by atoms with Gasteiger partial charge in [0.15, 0.2) is 5.96 Å². The number of rotatable bonds is 9. The van der Waals surface area contributed by atoms with E-state index in [1.165, 1.54) is 13.1 Å². The fraction of sp³-hybridized carbons (Fsp3) is 0.952. The highest BCUT2D eigenvalue weighted by Gasteiger charge is 2.53. The molecule has 2 aliphatic rings. The van der Waals surface area contributed by atoms with Crippen LogP contribution in [0.15, 0.2) is 4.99 Å². The summed E-state index contributed by atoms with van der Waals surface area (Å²) in [5.41, 5.74) is 0.232. The maximum atomic E-state index is 6.01. The smallest absolute Gasteiger partial charge is 0.191 e. The van der Waals surface area contributed by atoms with Gasteiger partial charge < -0.3 is 20.3 Å². The van der Waals surface area contributed by atoms with Gasteiger partial charge in [0.05, 0.1) is 6.10 Å². The Balaban J connectivity index is 1.82. The van der Waals surface area contributed by atoms with Crippen LogP contribution in [0.1, 0.15) is 53.9 Å². The third-order valence-electron chi connectivity index (χ3n) is 7.05. The number of aliphatic imine (C=N–C) groups is 1. The Morgan fingerprint density at radius 1 is 1.15 bits per heavy atom. The van der Waals surface area contributed by atoms with Crippen molar-refractivity contribution in [2.45, 2.75) is 72.1 Å². The van der Waals surface area contributed by atoms with Crippen LogP contribution in [0.3, 0.4) is 0 Å². The number of ether oxygens (including phenoxy) is 1. The molecule has 0 aromatic heterocycles. The molecule has 1 saturated heterocycles. The van der Waals surface area contributed by atoms with Crippen LogP contribution in [0.4, 0.5) is 0 Å². The summed E-state index contributed by atoms with van der Waals surface area (Å²) in [5.74, 6) is 0.931. The van der Waals surface area contributed by atoms with Gasteiger partial charge in [-0.3, -0.25) is 9.89 Å². The molecule has 2 fully saturated rings. The molecule has 0 spiro atoms. The quantitative estimate of drug-likeness (QED) is 0.473. The maximum absolute atomic E-state index is 6.01. The molecule has 27 heavy (non-hydrogen) atoms. The van der Waals surface area contributed by atoms with Gasteiger partial charge in [0.1, 0.15) is 0 Å². The number of hydrogen-bond donors (Lipinski definition) is 2. The molecule has 2 rings (SSSR count). The lowest BCUT2D eigenvalue weighted by Crippen LogP contribution is -2.66. The number of piperazine rings is 1. The lowest BCUT2D eigenvalue weighted by Gasteiger charge is -2.55. The van der Waals surface area contributed by atoms with Crippen LogP contribution in [0, 0.1) is 5.41 Å². The van der Waals surface area contributed by atoms with Crippen molar-refractivity contribution in [3.63, 3.8) is 0 Å². The first-order chi connectivity index (χ1) is 13.0. The first-order valence-electron chi connectivity index (χ1n) is 11.1. The van der Waals surface area contributed by atoms with Crippen LogP contribution in [-0.2, 0) is 4.74 Å². The average Bonchev–Trinajstić information content (AvgIpc) is 2.70. The molecule has 3 unspecified atom stereocenters. The minimum absolute atomic E-state index is 0.232. The number of nitrogens with zero attached hydrogens (tertiary/aromatic N) is 3. The largest absolute Gasteiger partial charge is 0.378 e. The first kappa shape index (κ1) is 22.4. The van der Waals surface area contributed by atoms with Crippen LogP contribution >= 0.6 is 0 Å². The van der Waals surface area contributed by atoms with Gasteiger partial charge in [-0.2, -0.15) is 0 Å². The molecule has 3 atom stereocenters. The van der Waals surface area contributed by atoms with Crippen LogP contribution in [-0.4, -0.2) is 86.9 Å². The summed E-state index contributed by atoms with van der Waals surface area (Å²) in [6.07, 6.45) is 3.73. The van der Waals surface area contributed by atoms with Crippen LogP contribution in [0.2, 0.25) is 0 Å². The standard InChI is InChI=1S/C21H43N5O/c1-7-21(8-2)18(15-19(21)27-10-4)24-20(22-6)23-16-17(5)26-13-11-25(9-3)12-14-26/h17-19H,7-16H2,1-6H3,(H2,22,23,24). The van der Waals surface area contributed by atoms with Crippen LogP contribution in [0.25, 0.3) is 0 Å². The molecular weight excluding hydrogens is 338 g/mol. The number of hydrogen-bond acceptors (Lipinski definition) is 4. The van der Waals surface area contributed by atoms with Crippen molar-refractivity contribution in [2.24, 2.45) is 10.4 Å². The number of guanidine groups is 1. The van der Waals surface area contributed by atoms with Crippen molar-refractivity contribution in [2.75, 3.05) is 52.9 Å². The van der Waals surface area contributed by atoms with Gasteiger partial charge in [-0.15, -0.1) is 0 Å². The highest BCUT2D eigenvalue weighted by molar-refractivity contribution is 5.80. The zero-order chi connectivity index (χ0) is 19.9. The SMILES string of the molecule is CCOC1CC(NC(=NC)NCC(C)N2CCN(CC)CC2)C1(CC)CC. The summed E-state index contributed by atoms with van der Waals surface area (Å²) in [7, 11) is 1.87. The molecule has 0 aromatic rings. The summed E-state index contributed by atoms with van der Waals surface area (Å²) >= 11 is 0. The Kier molecular flexibility index (Phi) is 8.83. The molecule has 1 aliphatic heterocycles. The summed E-state index contributed by atoms with van der Waals surface area (Å²) in [6, 6.07) is 0.959. The number of nitrogens with one attached hydrogen (secondary N) is 2. The van der Waals surface area contributed by atoms with Gasteiger partial charge in [0, 0.05) is 63.9 Å². The first-order valence-corrected chi connectivity index (χ1v) is 11.1. The van der Waals surface area contributed by atoms with Crippen molar-refractivity contribution < 1.29 is 4.74 Å². The summed E-state index contributed by atoms with van der Waals surface area (Å²) in [6.45, 7) is 18.8. The highest BCUT2D eigenvalue weighted by atomic mass is 16.5. The Hall–Kier alpha value is -0.850. The second kappa shape index (κ2) is 10.6. The van der Waals surface area contributed by atoms with E-state index >= 15 is 0 Å². The lowest BCUT2D eigenvalue weighted by molar-refractivity contribution is -0.133. The van der Waals surface area contributed by atoms with Crippen LogP contribution < -0.4 is 10.6 Å². The normalized spacial score (nSPS) is 27.9. The molecule has 1 heterocycles. The van der Waals surface area contributed by atoms with E-state index in [0.29, 0.717) is 18.2 Å². The van der Waals surface area contributed by atoms with E-state index in [-0.39, 0.29) is 5.41 Å². The summed E-state index contributed by atoms with van der Waals surface area (Å²) in [5, 5.41) is 7.26. The molecule has 0 bridgehead atoms. The van der Waals surface area contributed by atoms with E-state index in [2.05, 4.69) is 60.0 Å². The summed E-state index contributed by atoms with van der Waals surface area (Å²) < 4.78 is 6.01. The van der Waals surface area contributed by atoms with E-state index in [1.54, 1.807) is 0 Å². The monoisotopic (exact) mass is 381 g/mol. The minimum Gasteiger partial charge on any atom is -0.378 e. The third kappa shape index (κ3) is 5.15. The Morgan fingerprint density at radius 2 is 1.81 bits per heavy atom. The molecule has 6 nitrogen and oxygen atoms in total. The highest BCUT2D eigenvalue weighted by Crippen LogP contribution is 2.48. The van der Waals surface area contributed by atoms with Gasteiger partial charge in [0.2, 0.25) is 0 Å². The molecular formula is C21H43N5O. The fourth-order valence-corrected chi connectivity index (χ4v) is 4.84. The van der Waals surface area contributed by atoms with Gasteiger partial charge in [0.25, 0.3) is 0 Å². The second-order valence-electron chi connectivity index (χ2n) is 8.09. The Morgan fingerprint density at radius 3 is 2.33 bits per heavy atom. The molecule has 1 aliphatic carbocycles. The maximum Gasteiger partial charge on any atom is 0.191 e. The van der Waals surface area contributed by atoms with E-state index < -0.39 is 0 Å². The third-order valence-corrected chi connectivity index (χ3v) is 7.05. The van der Waals surface area contributed by atoms with E-state index in [0.717, 1.165) is 58.0 Å². The van der Waals surface area contributed by atoms with E-state index in [9.17, 15) is 0 Å². The van der Waals surface area contributed by atoms with Crippen molar-refractivity contribution in [3.8, 4) is 0 Å². The Bertz CT molecular complexity index is 457. The van der Waals surface area contributed by atoms with Crippen molar-refractivity contribution in [1.82, 2.24) is 20.4 Å². The molecule has 2 N–H and O–H groups in total. The van der Waals surface area contributed by atoms with E-state index in [1.807, 2.05) is 7.05 Å². The molecule has 158 valence electrons. The van der Waals surface area contributed by atoms with Gasteiger partial charge in [-0.1, -0.05) is 20.8 Å². The molecule has 0 aromatic carbocycles. The van der Waals surface area contributed by atoms with Crippen molar-refractivity contribution in [1.29, 1.82) is 0 Å². The molecule has 0 amide bonds. The summed E-state index contributed by atoms with van der Waals surface area (Å²) in [4.78, 5) is 9.60. The zero-order valence-corrected chi connectivity index (χ0v) is 18.6. The van der Waals surface area contributed by atoms with E-state index in [4.69, 9.17) is 4.74 Å². The van der Waals surface area contributed by atoms with Crippen molar-refractivity contribution in [3.05, 3.63) is 0 Å².